The first-order chi connectivity index (χ1) is 7.09. The van der Waals surface area contributed by atoms with E-state index in [1.54, 1.807) is 18.2 Å². The van der Waals surface area contributed by atoms with Crippen molar-refractivity contribution < 1.29 is 18.3 Å². The van der Waals surface area contributed by atoms with Crippen molar-refractivity contribution in [3.63, 3.8) is 0 Å². The van der Waals surface area contributed by atoms with Crippen molar-refractivity contribution in [3.8, 4) is 5.75 Å². The largest absolute Gasteiger partial charge is 0.496 e. The first kappa shape index (κ1) is 11.3. The van der Waals surface area contributed by atoms with Crippen LogP contribution in [0.5, 0.6) is 5.75 Å². The summed E-state index contributed by atoms with van der Waals surface area (Å²) in [4.78, 5) is 12.2. The zero-order valence-electron chi connectivity index (χ0n) is 8.04. The lowest BCUT2D eigenvalue weighted by Gasteiger charge is -2.11. The Labute approximate surface area is 85.4 Å². The molecule has 0 aliphatic heterocycles. The maximum Gasteiger partial charge on any atom is 0.356 e. The second-order valence-electron chi connectivity index (χ2n) is 2.86. The summed E-state index contributed by atoms with van der Waals surface area (Å²) in [5, 5.41) is 0. The normalized spacial score (nSPS) is 10.6. The number of halogens is 2. The highest BCUT2D eigenvalue weighted by Crippen LogP contribution is 2.26. The fourth-order valence-corrected chi connectivity index (χ4v) is 1.18. The van der Waals surface area contributed by atoms with Gasteiger partial charge < -0.3 is 4.74 Å². The number of alkyl halides is 2. The average molecular weight is 213 g/mol. The third-order valence-electron chi connectivity index (χ3n) is 1.80. The zero-order chi connectivity index (χ0) is 11.3. The third-order valence-corrected chi connectivity index (χ3v) is 1.80. The molecule has 1 rings (SSSR count). The third kappa shape index (κ3) is 3.14. The van der Waals surface area contributed by atoms with Crippen LogP contribution in [0.4, 0.5) is 8.78 Å². The van der Waals surface area contributed by atoms with Gasteiger partial charge in [-0.2, -0.15) is 8.78 Å². The molecule has 0 radical (unpaired) electrons. The van der Waals surface area contributed by atoms with Crippen LogP contribution in [0.1, 0.15) is 5.56 Å². The average Bonchev–Trinajstić information content (AvgIpc) is 2.17. The van der Waals surface area contributed by atoms with Crippen molar-refractivity contribution in [3.05, 3.63) is 29.8 Å². The molecule has 1 aromatic rings. The Morgan fingerprint density at radius 2 is 2.13 bits per heavy atom. The molecule has 0 amide bonds. The van der Waals surface area contributed by atoms with Gasteiger partial charge in [0.05, 0.1) is 13.5 Å². The number of ether oxygens (including phenoxy) is 1. The van der Waals surface area contributed by atoms with Gasteiger partial charge >= 0.3 is 6.05 Å². The van der Waals surface area contributed by atoms with Crippen LogP contribution in [0, 0.1) is 0 Å². The lowest BCUT2D eigenvalue weighted by molar-refractivity contribution is 0.0112. The Kier molecular flexibility index (Phi) is 3.52. The summed E-state index contributed by atoms with van der Waals surface area (Å²) >= 11 is 0. The molecule has 0 N–H and O–H groups in total. The number of isocyanates is 1. The van der Waals surface area contributed by atoms with Crippen LogP contribution in [0.15, 0.2) is 29.3 Å². The van der Waals surface area contributed by atoms with Crippen LogP contribution in [0.3, 0.4) is 0 Å². The molecular weight excluding hydrogens is 204 g/mol. The monoisotopic (exact) mass is 213 g/mol. The molecule has 0 unspecified atom stereocenters. The number of hydrogen-bond donors (Lipinski definition) is 0. The molecule has 0 spiro atoms. The molecule has 3 nitrogen and oxygen atoms in total. The van der Waals surface area contributed by atoms with E-state index in [2.05, 4.69) is 4.99 Å². The fourth-order valence-electron chi connectivity index (χ4n) is 1.18. The lowest BCUT2D eigenvalue weighted by atomic mass is 10.1. The minimum absolute atomic E-state index is 0.295. The van der Waals surface area contributed by atoms with E-state index in [0.717, 1.165) is 6.08 Å². The maximum atomic E-state index is 12.9. The van der Waals surface area contributed by atoms with Gasteiger partial charge in [-0.1, -0.05) is 18.2 Å². The van der Waals surface area contributed by atoms with Crippen LogP contribution < -0.4 is 4.74 Å². The summed E-state index contributed by atoms with van der Waals surface area (Å²) in [6, 6.07) is 2.90. The molecular formula is C10H9F2NO2. The van der Waals surface area contributed by atoms with E-state index in [0.29, 0.717) is 11.3 Å². The molecule has 15 heavy (non-hydrogen) atoms. The van der Waals surface area contributed by atoms with Crippen LogP contribution >= 0.6 is 0 Å². The fraction of sp³-hybridized carbons (Fsp3) is 0.300. The number of benzene rings is 1. The van der Waals surface area contributed by atoms with Crippen molar-refractivity contribution in [2.45, 2.75) is 12.5 Å². The van der Waals surface area contributed by atoms with Gasteiger partial charge in [-0.3, -0.25) is 0 Å². The Hall–Kier alpha value is -1.74. The smallest absolute Gasteiger partial charge is 0.356 e. The maximum absolute atomic E-state index is 12.9. The first-order valence-corrected chi connectivity index (χ1v) is 4.18. The summed E-state index contributed by atoms with van der Waals surface area (Å²) < 4.78 is 30.8. The van der Waals surface area contributed by atoms with Crippen LogP contribution in [0.2, 0.25) is 0 Å². The molecule has 0 saturated carbocycles. The van der Waals surface area contributed by atoms with Gasteiger partial charge in [-0.15, -0.1) is 4.99 Å². The Morgan fingerprint density at radius 3 is 2.73 bits per heavy atom. The van der Waals surface area contributed by atoms with Gasteiger partial charge in [-0.05, 0) is 6.07 Å². The Morgan fingerprint density at radius 1 is 1.47 bits per heavy atom. The summed E-state index contributed by atoms with van der Waals surface area (Å²) in [6.07, 6.45) is 0.176. The van der Waals surface area contributed by atoms with Gasteiger partial charge in [-0.25, -0.2) is 4.79 Å². The number of carbonyl (C=O) groups excluding carboxylic acids is 1. The predicted octanol–water partition coefficient (Wildman–Crippen LogP) is 2.17. The van der Waals surface area contributed by atoms with Crippen LogP contribution in [-0.4, -0.2) is 19.2 Å². The van der Waals surface area contributed by atoms with E-state index in [4.69, 9.17) is 4.74 Å². The van der Waals surface area contributed by atoms with Gasteiger partial charge in [0.15, 0.2) is 0 Å². The molecule has 1 aromatic carbocycles. The first-order valence-electron chi connectivity index (χ1n) is 4.18. The minimum Gasteiger partial charge on any atom is -0.496 e. The zero-order valence-corrected chi connectivity index (χ0v) is 8.04. The van der Waals surface area contributed by atoms with Crippen LogP contribution in [0.25, 0.3) is 0 Å². The molecule has 0 aliphatic rings. The van der Waals surface area contributed by atoms with Gasteiger partial charge in [0, 0.05) is 5.56 Å². The predicted molar refractivity (Wildman–Crippen MR) is 49.8 cm³/mol. The lowest BCUT2D eigenvalue weighted by Crippen LogP contribution is -2.16. The summed E-state index contributed by atoms with van der Waals surface area (Å²) in [5.41, 5.74) is 0.295. The SMILES string of the molecule is COc1ccccc1CC(F)(F)N=C=O. The van der Waals surface area contributed by atoms with Crippen LogP contribution in [-0.2, 0) is 11.2 Å². The number of rotatable bonds is 4. The quantitative estimate of drug-likeness (QED) is 0.436. The number of methoxy groups -OCH3 is 1. The number of aliphatic imine (C=N–C) groups is 1. The molecule has 0 aliphatic carbocycles. The van der Waals surface area contributed by atoms with Crippen molar-refractivity contribution in [2.75, 3.05) is 7.11 Å². The summed E-state index contributed by atoms with van der Waals surface area (Å²) in [6.45, 7) is 0. The Balaban J connectivity index is 2.93. The van der Waals surface area contributed by atoms with E-state index in [9.17, 15) is 13.6 Å². The second-order valence-corrected chi connectivity index (χ2v) is 2.86. The highest BCUT2D eigenvalue weighted by Gasteiger charge is 2.29. The van der Waals surface area contributed by atoms with E-state index in [1.807, 2.05) is 0 Å². The van der Waals surface area contributed by atoms with Gasteiger partial charge in [0.1, 0.15) is 5.75 Å². The summed E-state index contributed by atoms with van der Waals surface area (Å²) in [7, 11) is 1.39. The molecule has 0 heterocycles. The highest BCUT2D eigenvalue weighted by molar-refractivity contribution is 5.36. The molecule has 0 saturated heterocycles. The minimum atomic E-state index is -3.43. The van der Waals surface area contributed by atoms with Crippen molar-refractivity contribution in [1.82, 2.24) is 0 Å². The van der Waals surface area contributed by atoms with E-state index in [-0.39, 0.29) is 0 Å². The molecule has 5 heteroatoms. The second kappa shape index (κ2) is 4.66. The van der Waals surface area contributed by atoms with E-state index < -0.39 is 12.5 Å². The summed E-state index contributed by atoms with van der Waals surface area (Å²) in [5.74, 6) is 0.346. The molecule has 0 aromatic heterocycles. The Bertz CT molecular complexity index is 387. The van der Waals surface area contributed by atoms with Crippen molar-refractivity contribution in [1.29, 1.82) is 0 Å². The van der Waals surface area contributed by atoms with Gasteiger partial charge in [0.2, 0.25) is 6.08 Å². The topological polar surface area (TPSA) is 38.7 Å². The molecule has 80 valence electrons. The van der Waals surface area contributed by atoms with Crippen molar-refractivity contribution in [2.24, 2.45) is 4.99 Å². The molecule has 0 atom stereocenters. The molecule has 0 bridgehead atoms. The van der Waals surface area contributed by atoms with E-state index >= 15 is 0 Å². The van der Waals surface area contributed by atoms with E-state index in [1.165, 1.54) is 13.2 Å². The number of para-hydroxylation sites is 1. The highest BCUT2D eigenvalue weighted by atomic mass is 19.3. The number of hydrogen-bond acceptors (Lipinski definition) is 3. The van der Waals surface area contributed by atoms with Gasteiger partial charge in [0.25, 0.3) is 0 Å². The standard InChI is InChI=1S/C10H9F2NO2/c1-15-9-5-3-2-4-8(9)6-10(11,12)13-7-14/h2-5H,6H2,1H3. The van der Waals surface area contributed by atoms with Crippen molar-refractivity contribution >= 4 is 6.08 Å². The number of nitrogens with zero attached hydrogens (tertiary/aromatic N) is 1. The molecule has 0 fully saturated rings.